The van der Waals surface area contributed by atoms with E-state index < -0.39 is 0 Å². The molecule has 1 aromatic rings. The van der Waals surface area contributed by atoms with Crippen LogP contribution in [0.3, 0.4) is 0 Å². The molecule has 0 unspecified atom stereocenters. The fourth-order valence-corrected chi connectivity index (χ4v) is 1.52. The first kappa shape index (κ1) is 12.0. The van der Waals surface area contributed by atoms with E-state index in [1.165, 1.54) is 7.11 Å². The highest BCUT2D eigenvalue weighted by atomic mass is 19.1. The van der Waals surface area contributed by atoms with Crippen LogP contribution in [0.15, 0.2) is 18.2 Å². The Hall–Kier alpha value is -1.09. The van der Waals surface area contributed by atoms with Gasteiger partial charge in [-0.25, -0.2) is 4.39 Å². The number of rotatable bonds is 6. The van der Waals surface area contributed by atoms with Gasteiger partial charge in [-0.1, -0.05) is 12.1 Å². The first-order valence-corrected chi connectivity index (χ1v) is 5.25. The maximum Gasteiger partial charge on any atom is 0.168 e. The molecule has 0 bridgehead atoms. The fraction of sp³-hybridized carbons (Fsp3) is 0.500. The topological polar surface area (TPSA) is 21.3 Å². The number of benzene rings is 1. The summed E-state index contributed by atoms with van der Waals surface area (Å²) in [5.74, 6) is 0.116. The molecular weight excluding hydrogens is 193 g/mol. The Labute approximate surface area is 90.4 Å². The third-order valence-electron chi connectivity index (χ3n) is 2.39. The lowest BCUT2D eigenvalue weighted by Gasteiger charge is -2.07. The van der Waals surface area contributed by atoms with Gasteiger partial charge in [0, 0.05) is 0 Å². The van der Waals surface area contributed by atoms with Crippen LogP contribution in [0.2, 0.25) is 0 Å². The minimum atomic E-state index is -0.218. The second kappa shape index (κ2) is 6.40. The van der Waals surface area contributed by atoms with E-state index in [1.807, 2.05) is 19.2 Å². The number of hydrogen-bond donors (Lipinski definition) is 1. The molecule has 1 aromatic carbocycles. The van der Waals surface area contributed by atoms with E-state index in [9.17, 15) is 4.39 Å². The second-order valence-electron chi connectivity index (χ2n) is 3.49. The SMILES string of the molecule is CNCCCCc1cccc(OC)c1F. The van der Waals surface area contributed by atoms with Crippen LogP contribution in [0.5, 0.6) is 5.75 Å². The summed E-state index contributed by atoms with van der Waals surface area (Å²) >= 11 is 0. The summed E-state index contributed by atoms with van der Waals surface area (Å²) < 4.78 is 18.6. The lowest BCUT2D eigenvalue weighted by Crippen LogP contribution is -2.07. The zero-order chi connectivity index (χ0) is 11.1. The van der Waals surface area contributed by atoms with Crippen LogP contribution in [0.1, 0.15) is 18.4 Å². The van der Waals surface area contributed by atoms with Gasteiger partial charge in [-0.05, 0) is 44.5 Å². The van der Waals surface area contributed by atoms with Crippen molar-refractivity contribution in [2.75, 3.05) is 20.7 Å². The third-order valence-corrected chi connectivity index (χ3v) is 2.39. The van der Waals surface area contributed by atoms with E-state index in [1.54, 1.807) is 6.07 Å². The molecule has 0 saturated carbocycles. The van der Waals surface area contributed by atoms with Crippen LogP contribution in [0.25, 0.3) is 0 Å². The molecule has 0 atom stereocenters. The Bertz CT molecular complexity index is 302. The van der Waals surface area contributed by atoms with Gasteiger partial charge in [-0.3, -0.25) is 0 Å². The predicted octanol–water partition coefficient (Wildman–Crippen LogP) is 2.38. The average Bonchev–Trinajstić information content (AvgIpc) is 2.26. The molecule has 0 heterocycles. The molecule has 0 aliphatic heterocycles. The Morgan fingerprint density at radius 3 is 2.80 bits per heavy atom. The van der Waals surface area contributed by atoms with Crippen LogP contribution in [0.4, 0.5) is 4.39 Å². The van der Waals surface area contributed by atoms with Gasteiger partial charge >= 0.3 is 0 Å². The maximum absolute atomic E-state index is 13.6. The molecule has 0 radical (unpaired) electrons. The molecule has 0 aliphatic carbocycles. The highest BCUT2D eigenvalue weighted by molar-refractivity contribution is 5.31. The van der Waals surface area contributed by atoms with Gasteiger partial charge in [0.1, 0.15) is 0 Å². The number of aryl methyl sites for hydroxylation is 1. The summed E-state index contributed by atoms with van der Waals surface area (Å²) in [6.07, 6.45) is 2.82. The molecule has 1 rings (SSSR count). The van der Waals surface area contributed by atoms with Crippen LogP contribution < -0.4 is 10.1 Å². The normalized spacial score (nSPS) is 10.3. The van der Waals surface area contributed by atoms with E-state index in [2.05, 4.69) is 5.32 Å². The van der Waals surface area contributed by atoms with Crippen molar-refractivity contribution < 1.29 is 9.13 Å². The van der Waals surface area contributed by atoms with E-state index in [-0.39, 0.29) is 5.82 Å². The highest BCUT2D eigenvalue weighted by Crippen LogP contribution is 2.21. The van der Waals surface area contributed by atoms with Crippen molar-refractivity contribution in [1.29, 1.82) is 0 Å². The number of unbranched alkanes of at least 4 members (excludes halogenated alkanes) is 1. The summed E-state index contributed by atoms with van der Waals surface area (Å²) in [6.45, 7) is 0.978. The quantitative estimate of drug-likeness (QED) is 0.729. The zero-order valence-corrected chi connectivity index (χ0v) is 9.35. The Balaban J connectivity index is 2.53. The average molecular weight is 211 g/mol. The number of nitrogens with one attached hydrogen (secondary N) is 1. The number of methoxy groups -OCH3 is 1. The number of halogens is 1. The van der Waals surface area contributed by atoms with Crippen molar-refractivity contribution in [2.45, 2.75) is 19.3 Å². The standard InChI is InChI=1S/C12H18FNO/c1-14-9-4-3-6-10-7-5-8-11(15-2)12(10)13/h5,7-8,14H,3-4,6,9H2,1-2H3. The fourth-order valence-electron chi connectivity index (χ4n) is 1.52. The van der Waals surface area contributed by atoms with Crippen molar-refractivity contribution in [3.05, 3.63) is 29.6 Å². The summed E-state index contributed by atoms with van der Waals surface area (Å²) in [7, 11) is 3.41. The van der Waals surface area contributed by atoms with Gasteiger partial charge in [0.15, 0.2) is 11.6 Å². The number of ether oxygens (including phenoxy) is 1. The van der Waals surface area contributed by atoms with Gasteiger partial charge in [0.25, 0.3) is 0 Å². The van der Waals surface area contributed by atoms with E-state index in [4.69, 9.17) is 4.74 Å². The first-order valence-electron chi connectivity index (χ1n) is 5.25. The molecule has 0 aromatic heterocycles. The van der Waals surface area contributed by atoms with Gasteiger partial charge in [0.05, 0.1) is 7.11 Å². The van der Waals surface area contributed by atoms with Crippen molar-refractivity contribution in [1.82, 2.24) is 5.32 Å². The van der Waals surface area contributed by atoms with Crippen LogP contribution in [-0.2, 0) is 6.42 Å². The Kier molecular flexibility index (Phi) is 5.12. The molecule has 1 N–H and O–H groups in total. The van der Waals surface area contributed by atoms with Gasteiger partial charge in [-0.2, -0.15) is 0 Å². The van der Waals surface area contributed by atoms with E-state index >= 15 is 0 Å². The largest absolute Gasteiger partial charge is 0.494 e. The first-order chi connectivity index (χ1) is 7.29. The van der Waals surface area contributed by atoms with Crippen molar-refractivity contribution in [3.8, 4) is 5.75 Å². The molecule has 15 heavy (non-hydrogen) atoms. The Morgan fingerprint density at radius 1 is 1.33 bits per heavy atom. The van der Waals surface area contributed by atoms with Crippen LogP contribution in [0, 0.1) is 5.82 Å². The van der Waals surface area contributed by atoms with E-state index in [0.29, 0.717) is 5.75 Å². The summed E-state index contributed by atoms with van der Waals surface area (Å²) in [6, 6.07) is 5.29. The Morgan fingerprint density at radius 2 is 2.13 bits per heavy atom. The zero-order valence-electron chi connectivity index (χ0n) is 9.35. The molecule has 0 aliphatic rings. The minimum absolute atomic E-state index is 0.218. The molecule has 0 saturated heterocycles. The van der Waals surface area contributed by atoms with Gasteiger partial charge in [0.2, 0.25) is 0 Å². The molecule has 0 fully saturated rings. The summed E-state index contributed by atoms with van der Waals surface area (Å²) in [5, 5.41) is 3.07. The lowest BCUT2D eigenvalue weighted by molar-refractivity contribution is 0.384. The highest BCUT2D eigenvalue weighted by Gasteiger charge is 2.07. The monoisotopic (exact) mass is 211 g/mol. The van der Waals surface area contributed by atoms with Gasteiger partial charge in [-0.15, -0.1) is 0 Å². The van der Waals surface area contributed by atoms with Crippen LogP contribution >= 0.6 is 0 Å². The minimum Gasteiger partial charge on any atom is -0.494 e. The molecule has 0 amide bonds. The van der Waals surface area contributed by atoms with Crippen molar-refractivity contribution in [2.24, 2.45) is 0 Å². The molecular formula is C12H18FNO. The summed E-state index contributed by atoms with van der Waals surface area (Å²) in [5.41, 5.74) is 0.741. The van der Waals surface area contributed by atoms with Crippen LogP contribution in [-0.4, -0.2) is 20.7 Å². The number of hydrogen-bond acceptors (Lipinski definition) is 2. The maximum atomic E-state index is 13.6. The summed E-state index contributed by atoms with van der Waals surface area (Å²) in [4.78, 5) is 0. The smallest absolute Gasteiger partial charge is 0.168 e. The molecule has 84 valence electrons. The van der Waals surface area contributed by atoms with E-state index in [0.717, 1.165) is 31.4 Å². The third kappa shape index (κ3) is 3.51. The molecule has 0 spiro atoms. The van der Waals surface area contributed by atoms with Crippen molar-refractivity contribution in [3.63, 3.8) is 0 Å². The predicted molar refractivity (Wildman–Crippen MR) is 59.8 cm³/mol. The second-order valence-corrected chi connectivity index (χ2v) is 3.49. The van der Waals surface area contributed by atoms with Crippen molar-refractivity contribution >= 4 is 0 Å². The molecule has 2 nitrogen and oxygen atoms in total. The lowest BCUT2D eigenvalue weighted by atomic mass is 10.1. The molecule has 3 heteroatoms. The van der Waals surface area contributed by atoms with Gasteiger partial charge < -0.3 is 10.1 Å².